The van der Waals surface area contributed by atoms with Crippen LogP contribution in [0.3, 0.4) is 0 Å². The van der Waals surface area contributed by atoms with Crippen LogP contribution in [0.2, 0.25) is 0 Å². The summed E-state index contributed by atoms with van der Waals surface area (Å²) < 4.78 is 25.1. The second-order valence-corrected chi connectivity index (χ2v) is 7.44. The Morgan fingerprint density at radius 2 is 1.83 bits per heavy atom. The molecule has 0 aliphatic heterocycles. The molecule has 0 spiro atoms. The van der Waals surface area contributed by atoms with E-state index in [-0.39, 0.29) is 17.3 Å². The third-order valence-electron chi connectivity index (χ3n) is 3.23. The summed E-state index contributed by atoms with van der Waals surface area (Å²) in [6.07, 6.45) is 1.69. The van der Waals surface area contributed by atoms with Crippen molar-refractivity contribution in [2.45, 2.75) is 11.4 Å². The summed E-state index contributed by atoms with van der Waals surface area (Å²) in [4.78, 5) is 16.2. The molecule has 0 fully saturated rings. The Kier molecular flexibility index (Phi) is 6.02. The third-order valence-corrected chi connectivity index (χ3v) is 5.06. The molecule has 2 rings (SSSR count). The molecule has 2 aromatic rings. The van der Waals surface area contributed by atoms with Gasteiger partial charge in [0.1, 0.15) is 0 Å². The van der Waals surface area contributed by atoms with Gasteiger partial charge in [0.05, 0.1) is 17.1 Å². The average Bonchev–Trinajstić information content (AvgIpc) is 2.56. The quantitative estimate of drug-likeness (QED) is 0.781. The molecule has 0 aliphatic rings. The molecule has 1 aromatic carbocycles. The number of hydrogen-bond donors (Lipinski definition) is 2. The largest absolute Gasteiger partial charge is 0.325 e. The fourth-order valence-electron chi connectivity index (χ4n) is 1.93. The molecule has 8 heteroatoms. The van der Waals surface area contributed by atoms with Crippen LogP contribution in [-0.4, -0.2) is 44.3 Å². The number of anilines is 1. The molecule has 0 saturated heterocycles. The van der Waals surface area contributed by atoms with Crippen LogP contribution in [-0.2, 0) is 21.4 Å². The number of hydrogen-bond acceptors (Lipinski definition) is 5. The molecule has 0 aliphatic carbocycles. The zero-order valence-corrected chi connectivity index (χ0v) is 14.4. The van der Waals surface area contributed by atoms with Crippen molar-refractivity contribution in [2.24, 2.45) is 0 Å². The summed E-state index contributed by atoms with van der Waals surface area (Å²) in [5.41, 5.74) is 1.39. The smallest absolute Gasteiger partial charge is 0.242 e. The van der Waals surface area contributed by atoms with E-state index in [2.05, 4.69) is 15.6 Å². The minimum Gasteiger partial charge on any atom is -0.325 e. The van der Waals surface area contributed by atoms with Crippen LogP contribution in [0, 0.1) is 0 Å². The van der Waals surface area contributed by atoms with Gasteiger partial charge in [-0.2, -0.15) is 0 Å². The van der Waals surface area contributed by atoms with Gasteiger partial charge in [0, 0.05) is 32.5 Å². The highest BCUT2D eigenvalue weighted by atomic mass is 32.2. The molecule has 0 radical (unpaired) electrons. The van der Waals surface area contributed by atoms with E-state index in [1.54, 1.807) is 18.3 Å². The summed E-state index contributed by atoms with van der Waals surface area (Å²) in [5.74, 6) is -0.214. The monoisotopic (exact) mass is 348 g/mol. The van der Waals surface area contributed by atoms with Gasteiger partial charge < -0.3 is 10.6 Å². The average molecular weight is 348 g/mol. The Morgan fingerprint density at radius 1 is 1.12 bits per heavy atom. The molecule has 24 heavy (non-hydrogen) atoms. The standard InChI is InChI=1S/C16H20N4O3S/c1-20(2)24(22,23)15-8-6-13(7-9-15)19-16(21)12-17-11-14-5-3-4-10-18-14/h3-10,17H,11-12H2,1-2H3,(H,19,21). The predicted octanol–water partition coefficient (Wildman–Crippen LogP) is 1.06. The number of pyridine rings is 1. The zero-order chi connectivity index (χ0) is 17.6. The van der Waals surface area contributed by atoms with Crippen LogP contribution in [0.25, 0.3) is 0 Å². The van der Waals surface area contributed by atoms with E-state index in [1.165, 1.54) is 26.2 Å². The molecule has 1 aromatic heterocycles. The number of carbonyl (C=O) groups excluding carboxylic acids is 1. The highest BCUT2D eigenvalue weighted by Crippen LogP contribution is 2.16. The molecule has 0 bridgehead atoms. The third kappa shape index (κ3) is 4.85. The summed E-state index contributed by atoms with van der Waals surface area (Å²) in [7, 11) is -0.525. The molecule has 1 heterocycles. The molecule has 0 saturated carbocycles. The second kappa shape index (κ2) is 8.00. The van der Waals surface area contributed by atoms with Gasteiger partial charge in [-0.3, -0.25) is 9.78 Å². The van der Waals surface area contributed by atoms with Crippen molar-refractivity contribution in [1.29, 1.82) is 0 Å². The van der Waals surface area contributed by atoms with Crippen molar-refractivity contribution in [1.82, 2.24) is 14.6 Å². The highest BCUT2D eigenvalue weighted by molar-refractivity contribution is 7.89. The minimum absolute atomic E-state index is 0.133. The van der Waals surface area contributed by atoms with Crippen LogP contribution in [0.1, 0.15) is 5.69 Å². The molecule has 0 atom stereocenters. The maximum atomic E-state index is 12.0. The fraction of sp³-hybridized carbons (Fsp3) is 0.250. The zero-order valence-electron chi connectivity index (χ0n) is 13.6. The van der Waals surface area contributed by atoms with Gasteiger partial charge in [-0.15, -0.1) is 0 Å². The van der Waals surface area contributed by atoms with Crippen molar-refractivity contribution in [3.63, 3.8) is 0 Å². The van der Waals surface area contributed by atoms with E-state index in [1.807, 2.05) is 18.2 Å². The van der Waals surface area contributed by atoms with E-state index >= 15 is 0 Å². The van der Waals surface area contributed by atoms with E-state index in [4.69, 9.17) is 0 Å². The number of nitrogens with zero attached hydrogens (tertiary/aromatic N) is 2. The van der Waals surface area contributed by atoms with Crippen LogP contribution in [0.15, 0.2) is 53.6 Å². The Balaban J connectivity index is 1.86. The summed E-state index contributed by atoms with van der Waals surface area (Å²) in [6.45, 7) is 0.628. The van der Waals surface area contributed by atoms with Crippen molar-refractivity contribution in [3.05, 3.63) is 54.4 Å². The maximum Gasteiger partial charge on any atom is 0.242 e. The first-order valence-electron chi connectivity index (χ1n) is 7.32. The summed E-state index contributed by atoms with van der Waals surface area (Å²) in [5, 5.41) is 5.70. The minimum atomic E-state index is -3.47. The van der Waals surface area contributed by atoms with Crippen LogP contribution >= 0.6 is 0 Å². The van der Waals surface area contributed by atoms with Crippen molar-refractivity contribution in [2.75, 3.05) is 26.0 Å². The van der Waals surface area contributed by atoms with Gasteiger partial charge >= 0.3 is 0 Å². The lowest BCUT2D eigenvalue weighted by atomic mass is 10.3. The second-order valence-electron chi connectivity index (χ2n) is 5.28. The molecular weight excluding hydrogens is 328 g/mol. The van der Waals surface area contributed by atoms with Gasteiger partial charge in [0.25, 0.3) is 0 Å². The first-order valence-corrected chi connectivity index (χ1v) is 8.76. The molecule has 128 valence electrons. The van der Waals surface area contributed by atoms with Gasteiger partial charge in [-0.25, -0.2) is 12.7 Å². The Bertz CT molecular complexity index is 775. The normalized spacial score (nSPS) is 11.5. The van der Waals surface area contributed by atoms with Crippen molar-refractivity contribution < 1.29 is 13.2 Å². The van der Waals surface area contributed by atoms with Gasteiger partial charge in [-0.05, 0) is 36.4 Å². The van der Waals surface area contributed by atoms with E-state index in [0.29, 0.717) is 12.2 Å². The van der Waals surface area contributed by atoms with Crippen molar-refractivity contribution >= 4 is 21.6 Å². The van der Waals surface area contributed by atoms with Crippen LogP contribution in [0.4, 0.5) is 5.69 Å². The SMILES string of the molecule is CN(C)S(=O)(=O)c1ccc(NC(=O)CNCc2ccccn2)cc1. The fourth-order valence-corrected chi connectivity index (χ4v) is 2.83. The van der Waals surface area contributed by atoms with E-state index < -0.39 is 10.0 Å². The summed E-state index contributed by atoms with van der Waals surface area (Å²) >= 11 is 0. The van der Waals surface area contributed by atoms with Crippen LogP contribution in [0.5, 0.6) is 0 Å². The maximum absolute atomic E-state index is 12.0. The first-order chi connectivity index (χ1) is 11.4. The molecule has 1 amide bonds. The molecule has 2 N–H and O–H groups in total. The van der Waals surface area contributed by atoms with Gasteiger partial charge in [0.2, 0.25) is 15.9 Å². The number of amides is 1. The van der Waals surface area contributed by atoms with Crippen LogP contribution < -0.4 is 10.6 Å². The number of nitrogens with one attached hydrogen (secondary N) is 2. The Morgan fingerprint density at radius 3 is 2.42 bits per heavy atom. The molecule has 7 nitrogen and oxygen atoms in total. The first kappa shape index (κ1) is 18.1. The number of sulfonamides is 1. The Labute approximate surface area is 141 Å². The molecule has 0 unspecified atom stereocenters. The van der Waals surface area contributed by atoms with Gasteiger partial charge in [0.15, 0.2) is 0 Å². The number of rotatable bonds is 7. The van der Waals surface area contributed by atoms with Gasteiger partial charge in [-0.1, -0.05) is 6.07 Å². The lowest BCUT2D eigenvalue weighted by molar-refractivity contribution is -0.115. The highest BCUT2D eigenvalue weighted by Gasteiger charge is 2.16. The number of benzene rings is 1. The van der Waals surface area contributed by atoms with Crippen molar-refractivity contribution in [3.8, 4) is 0 Å². The predicted molar refractivity (Wildman–Crippen MR) is 91.9 cm³/mol. The topological polar surface area (TPSA) is 91.4 Å². The Hall–Kier alpha value is -2.29. The summed E-state index contributed by atoms with van der Waals surface area (Å²) in [6, 6.07) is 11.6. The van der Waals surface area contributed by atoms with E-state index in [9.17, 15) is 13.2 Å². The number of carbonyl (C=O) groups is 1. The molecular formula is C16H20N4O3S. The van der Waals surface area contributed by atoms with E-state index in [0.717, 1.165) is 10.00 Å². The lowest BCUT2D eigenvalue weighted by Crippen LogP contribution is -2.28. The number of aromatic nitrogens is 1. The lowest BCUT2D eigenvalue weighted by Gasteiger charge is -2.12.